The number of methoxy groups -OCH3 is 1. The molecule has 3 aromatic rings. The van der Waals surface area contributed by atoms with Crippen molar-refractivity contribution in [2.45, 2.75) is 11.3 Å². The van der Waals surface area contributed by atoms with E-state index in [9.17, 15) is 13.2 Å². The summed E-state index contributed by atoms with van der Waals surface area (Å²) in [5.74, 6) is 0.523. The molecule has 0 amide bonds. The molecule has 0 unspecified atom stereocenters. The van der Waals surface area contributed by atoms with Gasteiger partial charge in [-0.3, -0.25) is 9.10 Å². The van der Waals surface area contributed by atoms with Gasteiger partial charge in [0.1, 0.15) is 5.75 Å². The van der Waals surface area contributed by atoms with Crippen LogP contribution in [-0.2, 0) is 10.0 Å². The van der Waals surface area contributed by atoms with Crippen LogP contribution in [0.2, 0.25) is 0 Å². The van der Waals surface area contributed by atoms with Crippen LogP contribution >= 0.6 is 0 Å². The number of carbonyl (C=O) groups excluding carboxylic acids is 1. The maximum absolute atomic E-state index is 13.7. The number of sulfonamides is 1. The molecule has 2 heterocycles. The van der Waals surface area contributed by atoms with Crippen molar-refractivity contribution in [3.05, 3.63) is 60.2 Å². The first-order valence-electron chi connectivity index (χ1n) is 11.1. The van der Waals surface area contributed by atoms with Crippen LogP contribution in [0.25, 0.3) is 10.8 Å². The van der Waals surface area contributed by atoms with Crippen LogP contribution in [0.1, 0.15) is 16.8 Å². The summed E-state index contributed by atoms with van der Waals surface area (Å²) in [6, 6.07) is 16.3. The average molecular weight is 466 g/mol. The average Bonchev–Trinajstić information content (AvgIpc) is 2.83. The largest absolute Gasteiger partial charge is 0.495 e. The number of fused-ring (bicyclic) bond motifs is 2. The molecule has 0 spiro atoms. The zero-order valence-corrected chi connectivity index (χ0v) is 19.6. The van der Waals surface area contributed by atoms with Crippen LogP contribution in [0.15, 0.2) is 59.5 Å². The molecule has 2 aliphatic rings. The maximum atomic E-state index is 13.7. The third-order valence-electron chi connectivity index (χ3n) is 6.56. The van der Waals surface area contributed by atoms with Crippen molar-refractivity contribution in [1.29, 1.82) is 0 Å². The lowest BCUT2D eigenvalue weighted by molar-refractivity contribution is 0.0981. The van der Waals surface area contributed by atoms with Crippen LogP contribution in [0, 0.1) is 0 Å². The molecule has 0 saturated carbocycles. The van der Waals surface area contributed by atoms with Gasteiger partial charge < -0.3 is 14.5 Å². The van der Waals surface area contributed by atoms with E-state index >= 15 is 0 Å². The van der Waals surface area contributed by atoms with Gasteiger partial charge in [-0.15, -0.1) is 0 Å². The predicted molar refractivity (Wildman–Crippen MR) is 130 cm³/mol. The number of benzene rings is 3. The van der Waals surface area contributed by atoms with Gasteiger partial charge in [0.05, 0.1) is 23.4 Å². The summed E-state index contributed by atoms with van der Waals surface area (Å²) in [6.45, 7) is 3.53. The van der Waals surface area contributed by atoms with Crippen LogP contribution in [0.4, 0.5) is 11.4 Å². The summed E-state index contributed by atoms with van der Waals surface area (Å²) in [6.07, 6.45) is 0.136. The number of likely N-dealkylation sites (N-methyl/N-ethyl adjacent to an activating group) is 1. The highest BCUT2D eigenvalue weighted by atomic mass is 32.2. The fraction of sp³-hybridized carbons (Fsp3) is 0.320. The Morgan fingerprint density at radius 3 is 2.30 bits per heavy atom. The van der Waals surface area contributed by atoms with E-state index in [-0.39, 0.29) is 23.6 Å². The lowest BCUT2D eigenvalue weighted by atomic mass is 10.0. The lowest BCUT2D eigenvalue weighted by Gasteiger charge is -2.36. The number of anilines is 2. The van der Waals surface area contributed by atoms with Gasteiger partial charge >= 0.3 is 0 Å². The molecule has 33 heavy (non-hydrogen) atoms. The maximum Gasteiger partial charge on any atom is 0.264 e. The van der Waals surface area contributed by atoms with Gasteiger partial charge in [0.25, 0.3) is 10.0 Å². The number of carbonyl (C=O) groups is 1. The molecule has 0 bridgehead atoms. The van der Waals surface area contributed by atoms with Crippen molar-refractivity contribution >= 4 is 38.0 Å². The first kappa shape index (κ1) is 21.7. The van der Waals surface area contributed by atoms with Crippen molar-refractivity contribution in [2.24, 2.45) is 0 Å². The monoisotopic (exact) mass is 465 g/mol. The minimum Gasteiger partial charge on any atom is -0.495 e. The number of Topliss-reactive ketones (excluding diaryl/α,β-unsaturated/α-hetero) is 1. The summed E-state index contributed by atoms with van der Waals surface area (Å²) in [5.41, 5.74) is 1.63. The third-order valence-corrected chi connectivity index (χ3v) is 8.37. The standard InChI is InChI=1S/C25H27N3O4S/c1-26-11-13-27(14-12-26)23-17-22-21(16-25(23)32-2)24(29)9-10-28(22)33(30,31)20-8-7-18-5-3-4-6-19(18)15-20/h3-8,15-17H,9-14H2,1-2H3. The second kappa shape index (κ2) is 8.35. The molecule has 3 aromatic carbocycles. The van der Waals surface area contributed by atoms with Crippen LogP contribution in [0.3, 0.4) is 0 Å². The topological polar surface area (TPSA) is 70.2 Å². The summed E-state index contributed by atoms with van der Waals surface area (Å²) < 4.78 is 34.5. The van der Waals surface area contributed by atoms with E-state index in [1.165, 1.54) is 4.31 Å². The van der Waals surface area contributed by atoms with Crippen molar-refractivity contribution < 1.29 is 17.9 Å². The highest BCUT2D eigenvalue weighted by Gasteiger charge is 2.34. The summed E-state index contributed by atoms with van der Waals surface area (Å²) in [4.78, 5) is 17.4. The van der Waals surface area contributed by atoms with E-state index < -0.39 is 10.0 Å². The zero-order valence-electron chi connectivity index (χ0n) is 18.8. The number of ketones is 1. The number of nitrogens with zero attached hydrogens (tertiary/aromatic N) is 3. The Morgan fingerprint density at radius 2 is 1.58 bits per heavy atom. The molecule has 5 rings (SSSR count). The summed E-state index contributed by atoms with van der Waals surface area (Å²) >= 11 is 0. The molecule has 0 atom stereocenters. The number of rotatable bonds is 4. The van der Waals surface area contributed by atoms with Gasteiger partial charge in [-0.1, -0.05) is 30.3 Å². The molecule has 1 fully saturated rings. The van der Waals surface area contributed by atoms with E-state index in [0.717, 1.165) is 42.6 Å². The summed E-state index contributed by atoms with van der Waals surface area (Å²) in [7, 11) is -0.190. The molecule has 8 heteroatoms. The van der Waals surface area contributed by atoms with Crippen molar-refractivity contribution in [3.8, 4) is 5.75 Å². The SMILES string of the molecule is COc1cc2c(cc1N1CCN(C)CC1)N(S(=O)(=O)c1ccc3ccccc3c1)CCC2=O. The first-order valence-corrected chi connectivity index (χ1v) is 12.5. The molecule has 172 valence electrons. The van der Waals surface area contributed by atoms with Gasteiger partial charge in [-0.05, 0) is 42.1 Å². The molecule has 7 nitrogen and oxygen atoms in total. The molecular formula is C25H27N3O4S. The number of hydrogen-bond donors (Lipinski definition) is 0. The van der Waals surface area contributed by atoms with Crippen LogP contribution in [-0.4, -0.2) is 66.0 Å². The van der Waals surface area contributed by atoms with Gasteiger partial charge in [0, 0.05) is 44.7 Å². The van der Waals surface area contributed by atoms with E-state index in [2.05, 4.69) is 16.8 Å². The molecule has 0 aromatic heterocycles. The second-order valence-electron chi connectivity index (χ2n) is 8.59. The van der Waals surface area contributed by atoms with E-state index in [1.54, 1.807) is 25.3 Å². The number of piperazine rings is 1. The quantitative estimate of drug-likeness (QED) is 0.588. The number of hydrogen-bond acceptors (Lipinski definition) is 6. The molecule has 2 aliphatic heterocycles. The Morgan fingerprint density at radius 1 is 0.848 bits per heavy atom. The van der Waals surface area contributed by atoms with Gasteiger partial charge in [0.2, 0.25) is 0 Å². The summed E-state index contributed by atoms with van der Waals surface area (Å²) in [5, 5.41) is 1.84. The highest BCUT2D eigenvalue weighted by Crippen LogP contribution is 2.41. The second-order valence-corrected chi connectivity index (χ2v) is 10.5. The Hall–Kier alpha value is -3.10. The first-order chi connectivity index (χ1) is 15.9. The smallest absolute Gasteiger partial charge is 0.264 e. The molecular weight excluding hydrogens is 438 g/mol. The fourth-order valence-corrected chi connectivity index (χ4v) is 6.12. The van der Waals surface area contributed by atoms with Crippen LogP contribution in [0.5, 0.6) is 5.75 Å². The van der Waals surface area contributed by atoms with Crippen molar-refractivity contribution in [3.63, 3.8) is 0 Å². The molecule has 0 aliphatic carbocycles. The Kier molecular flexibility index (Phi) is 5.50. The highest BCUT2D eigenvalue weighted by molar-refractivity contribution is 7.92. The van der Waals surface area contributed by atoms with Crippen LogP contribution < -0.4 is 13.9 Å². The van der Waals surface area contributed by atoms with Gasteiger partial charge in [0.15, 0.2) is 5.78 Å². The minimum atomic E-state index is -3.85. The minimum absolute atomic E-state index is 0.0711. The van der Waals surface area contributed by atoms with E-state index in [0.29, 0.717) is 17.0 Å². The fourth-order valence-electron chi connectivity index (χ4n) is 4.61. The number of ether oxygens (including phenoxy) is 1. The van der Waals surface area contributed by atoms with E-state index in [4.69, 9.17) is 4.74 Å². The molecule has 1 saturated heterocycles. The normalized spacial score (nSPS) is 17.3. The molecule has 0 N–H and O–H groups in total. The predicted octanol–water partition coefficient (Wildman–Crippen LogP) is 3.38. The van der Waals surface area contributed by atoms with Crippen molar-refractivity contribution in [2.75, 3.05) is 56.1 Å². The van der Waals surface area contributed by atoms with Gasteiger partial charge in [-0.2, -0.15) is 0 Å². The Bertz CT molecular complexity index is 1330. The van der Waals surface area contributed by atoms with E-state index in [1.807, 2.05) is 36.4 Å². The lowest BCUT2D eigenvalue weighted by Crippen LogP contribution is -2.45. The van der Waals surface area contributed by atoms with Gasteiger partial charge in [-0.25, -0.2) is 8.42 Å². The Labute approximate surface area is 194 Å². The Balaban J connectivity index is 1.61. The van der Waals surface area contributed by atoms with Crippen molar-refractivity contribution in [1.82, 2.24) is 4.90 Å². The third kappa shape index (κ3) is 3.83. The molecule has 0 radical (unpaired) electrons. The zero-order chi connectivity index (χ0) is 23.2.